The smallest absolute Gasteiger partial charge is 0.335 e. The molecule has 1 aliphatic heterocycles. The maximum absolute atomic E-state index is 12.9. The van der Waals surface area contributed by atoms with Crippen molar-refractivity contribution in [3.63, 3.8) is 0 Å². The number of nitrogens with zero attached hydrogens (tertiary/aromatic N) is 1. The van der Waals surface area contributed by atoms with Gasteiger partial charge >= 0.3 is 12.0 Å². The number of hydrogen-bond acceptors (Lipinski definition) is 4. The van der Waals surface area contributed by atoms with Gasteiger partial charge < -0.3 is 15.2 Å². The number of amides is 3. The molecule has 2 aromatic rings. The molecule has 1 fully saturated rings. The molecule has 0 saturated carbocycles. The van der Waals surface area contributed by atoms with Gasteiger partial charge in [-0.3, -0.25) is 4.79 Å². The van der Waals surface area contributed by atoms with Crippen molar-refractivity contribution in [2.75, 3.05) is 0 Å². The van der Waals surface area contributed by atoms with E-state index in [0.29, 0.717) is 25.1 Å². The molecule has 158 valence electrons. The van der Waals surface area contributed by atoms with Crippen molar-refractivity contribution in [2.24, 2.45) is 5.41 Å². The summed E-state index contributed by atoms with van der Waals surface area (Å²) in [6, 6.07) is 13.2. The minimum absolute atomic E-state index is 0.136. The molecule has 2 aromatic carbocycles. The fourth-order valence-corrected chi connectivity index (χ4v) is 3.79. The number of nitrogens with one attached hydrogen (secondary N) is 1. The van der Waals surface area contributed by atoms with Crippen LogP contribution in [0.4, 0.5) is 4.79 Å². The molecule has 3 rings (SSSR count). The zero-order valence-electron chi connectivity index (χ0n) is 17.3. The van der Waals surface area contributed by atoms with Crippen LogP contribution < -0.4 is 10.1 Å². The second kappa shape index (κ2) is 8.57. The molecule has 0 radical (unpaired) electrons. The molecule has 2 N–H and O–H groups in total. The molecule has 30 heavy (non-hydrogen) atoms. The van der Waals surface area contributed by atoms with Crippen molar-refractivity contribution in [1.29, 1.82) is 0 Å². The van der Waals surface area contributed by atoms with Crippen LogP contribution in [0.3, 0.4) is 0 Å². The van der Waals surface area contributed by atoms with Crippen LogP contribution in [-0.2, 0) is 11.3 Å². The largest absolute Gasteiger partial charge is 0.478 e. The minimum Gasteiger partial charge on any atom is -0.478 e. The molecule has 3 amide bonds. The van der Waals surface area contributed by atoms with Crippen LogP contribution >= 0.6 is 0 Å². The van der Waals surface area contributed by atoms with Crippen molar-refractivity contribution in [3.05, 3.63) is 65.2 Å². The number of carboxylic acids is 1. The SMILES string of the molecule is CCC1(CC)C(=O)N(C(=O)NCc2cccc(C)c2)C1Oc1ccc(C(=O)O)cc1. The summed E-state index contributed by atoms with van der Waals surface area (Å²) in [5.41, 5.74) is 1.38. The second-order valence-electron chi connectivity index (χ2n) is 7.49. The number of likely N-dealkylation sites (tertiary alicyclic amines) is 1. The van der Waals surface area contributed by atoms with Crippen LogP contribution in [0.25, 0.3) is 0 Å². The van der Waals surface area contributed by atoms with Crippen LogP contribution in [0.5, 0.6) is 5.75 Å². The number of ether oxygens (including phenoxy) is 1. The zero-order valence-corrected chi connectivity index (χ0v) is 17.3. The highest BCUT2D eigenvalue weighted by Gasteiger charge is 2.62. The maximum atomic E-state index is 12.9. The normalized spacial score (nSPS) is 17.2. The molecule has 1 aliphatic rings. The average Bonchev–Trinajstić information content (AvgIpc) is 2.73. The van der Waals surface area contributed by atoms with Crippen LogP contribution in [0.2, 0.25) is 0 Å². The minimum atomic E-state index is -1.03. The number of carbonyl (C=O) groups is 3. The highest BCUT2D eigenvalue weighted by molar-refractivity contribution is 6.03. The van der Waals surface area contributed by atoms with Crippen LogP contribution in [0.1, 0.15) is 48.2 Å². The predicted molar refractivity (Wildman–Crippen MR) is 111 cm³/mol. The molecule has 1 atom stereocenters. The third-order valence-corrected chi connectivity index (χ3v) is 5.71. The van der Waals surface area contributed by atoms with Gasteiger partial charge in [0.25, 0.3) is 0 Å². The van der Waals surface area contributed by atoms with E-state index in [1.807, 2.05) is 45.0 Å². The van der Waals surface area contributed by atoms with E-state index in [0.717, 1.165) is 16.0 Å². The van der Waals surface area contributed by atoms with Gasteiger partial charge in [0, 0.05) is 6.54 Å². The summed E-state index contributed by atoms with van der Waals surface area (Å²) in [7, 11) is 0. The van der Waals surface area contributed by atoms with Gasteiger partial charge in [-0.05, 0) is 49.6 Å². The highest BCUT2D eigenvalue weighted by atomic mass is 16.5. The third kappa shape index (κ3) is 3.87. The lowest BCUT2D eigenvalue weighted by molar-refractivity contribution is -0.190. The van der Waals surface area contributed by atoms with E-state index in [1.165, 1.54) is 24.3 Å². The summed E-state index contributed by atoms with van der Waals surface area (Å²) < 4.78 is 6.01. The van der Waals surface area contributed by atoms with Crippen molar-refractivity contribution in [1.82, 2.24) is 10.2 Å². The summed E-state index contributed by atoms with van der Waals surface area (Å²) in [5.74, 6) is -0.893. The van der Waals surface area contributed by atoms with E-state index in [2.05, 4.69) is 5.32 Å². The van der Waals surface area contributed by atoms with Gasteiger partial charge in [0.05, 0.1) is 5.56 Å². The first-order valence-corrected chi connectivity index (χ1v) is 9.99. The van der Waals surface area contributed by atoms with E-state index in [4.69, 9.17) is 9.84 Å². The molecule has 0 aliphatic carbocycles. The van der Waals surface area contributed by atoms with Gasteiger partial charge in [-0.15, -0.1) is 0 Å². The lowest BCUT2D eigenvalue weighted by Crippen LogP contribution is -2.73. The molecule has 1 saturated heterocycles. The van der Waals surface area contributed by atoms with Crippen LogP contribution in [0, 0.1) is 12.3 Å². The lowest BCUT2D eigenvalue weighted by atomic mass is 9.72. The monoisotopic (exact) mass is 410 g/mol. The maximum Gasteiger partial charge on any atom is 0.335 e. The summed E-state index contributed by atoms with van der Waals surface area (Å²) in [5, 5.41) is 11.8. The van der Waals surface area contributed by atoms with E-state index in [-0.39, 0.29) is 11.5 Å². The molecule has 1 unspecified atom stereocenters. The summed E-state index contributed by atoms with van der Waals surface area (Å²) >= 11 is 0. The number of benzene rings is 2. The van der Waals surface area contributed by atoms with E-state index >= 15 is 0 Å². The molecular weight excluding hydrogens is 384 g/mol. The first-order chi connectivity index (χ1) is 14.3. The van der Waals surface area contributed by atoms with Gasteiger partial charge in [-0.25, -0.2) is 14.5 Å². The Hall–Kier alpha value is -3.35. The van der Waals surface area contributed by atoms with Crippen molar-refractivity contribution >= 4 is 17.9 Å². The number of carbonyl (C=O) groups excluding carboxylic acids is 2. The number of rotatable bonds is 7. The number of hydrogen-bond donors (Lipinski definition) is 2. The number of carboxylic acid groups (broad SMARTS) is 1. The molecule has 7 heteroatoms. The molecular formula is C23H26N2O5. The summed E-state index contributed by atoms with van der Waals surface area (Å²) in [6.07, 6.45) is 0.303. The highest BCUT2D eigenvalue weighted by Crippen LogP contribution is 2.46. The van der Waals surface area contributed by atoms with Gasteiger partial charge in [0.15, 0.2) is 6.23 Å². The van der Waals surface area contributed by atoms with Gasteiger partial charge in [0.1, 0.15) is 11.2 Å². The molecule has 0 spiro atoms. The number of aryl methyl sites for hydroxylation is 1. The molecule has 0 bridgehead atoms. The standard InChI is InChI=1S/C23H26N2O5/c1-4-23(5-2)20(28)25(22(29)24-14-16-8-6-7-15(3)13-16)21(23)30-18-11-9-17(10-12-18)19(26)27/h6-13,21H,4-5,14H2,1-3H3,(H,24,29)(H,26,27). The Morgan fingerprint density at radius 3 is 2.37 bits per heavy atom. The van der Waals surface area contributed by atoms with Gasteiger partial charge in [0.2, 0.25) is 5.91 Å². The summed E-state index contributed by atoms with van der Waals surface area (Å²) in [4.78, 5) is 37.9. The van der Waals surface area contributed by atoms with Crippen molar-refractivity contribution < 1.29 is 24.2 Å². The Bertz CT molecular complexity index is 950. The quantitative estimate of drug-likeness (QED) is 0.674. The number of aromatic carboxylic acids is 1. The number of imide groups is 1. The molecule has 1 heterocycles. The van der Waals surface area contributed by atoms with Gasteiger partial charge in [-0.2, -0.15) is 0 Å². The first kappa shape index (κ1) is 21.4. The zero-order chi connectivity index (χ0) is 21.9. The number of urea groups is 1. The fourth-order valence-electron chi connectivity index (χ4n) is 3.79. The van der Waals surface area contributed by atoms with Crippen LogP contribution in [0.15, 0.2) is 48.5 Å². The Kier molecular flexibility index (Phi) is 6.10. The predicted octanol–water partition coefficient (Wildman–Crippen LogP) is 3.96. The van der Waals surface area contributed by atoms with Crippen molar-refractivity contribution in [2.45, 2.75) is 46.4 Å². The lowest BCUT2D eigenvalue weighted by Gasteiger charge is -2.53. The van der Waals surface area contributed by atoms with Crippen LogP contribution in [-0.4, -0.2) is 34.1 Å². The Labute approximate surface area is 175 Å². The Morgan fingerprint density at radius 1 is 1.13 bits per heavy atom. The summed E-state index contributed by atoms with van der Waals surface area (Å²) in [6.45, 7) is 6.07. The van der Waals surface area contributed by atoms with Crippen molar-refractivity contribution in [3.8, 4) is 5.75 Å². The van der Waals surface area contributed by atoms with E-state index in [9.17, 15) is 14.4 Å². The molecule has 7 nitrogen and oxygen atoms in total. The third-order valence-electron chi connectivity index (χ3n) is 5.71. The Morgan fingerprint density at radius 2 is 1.80 bits per heavy atom. The van der Waals surface area contributed by atoms with E-state index < -0.39 is 23.6 Å². The van der Waals surface area contributed by atoms with E-state index in [1.54, 1.807) is 0 Å². The molecule has 0 aromatic heterocycles. The number of β-lactam (4-membered cyclic amide) rings is 1. The fraction of sp³-hybridized carbons (Fsp3) is 0.348. The first-order valence-electron chi connectivity index (χ1n) is 9.99. The Balaban J connectivity index is 1.76. The topological polar surface area (TPSA) is 95.9 Å². The van der Waals surface area contributed by atoms with Gasteiger partial charge in [-0.1, -0.05) is 43.7 Å². The second-order valence-corrected chi connectivity index (χ2v) is 7.49. The average molecular weight is 410 g/mol.